The van der Waals surface area contributed by atoms with Gasteiger partial charge in [0.25, 0.3) is 0 Å². The van der Waals surface area contributed by atoms with Crippen LogP contribution < -0.4 is 5.32 Å². The maximum atomic E-state index is 12.2. The quantitative estimate of drug-likeness (QED) is 0.766. The first kappa shape index (κ1) is 13.8. The van der Waals surface area contributed by atoms with Crippen LogP contribution in [0.4, 0.5) is 0 Å². The summed E-state index contributed by atoms with van der Waals surface area (Å²) >= 11 is 0. The Balaban J connectivity index is 1.92. The van der Waals surface area contributed by atoms with E-state index in [1.165, 1.54) is 12.8 Å². The molecule has 0 aromatic rings. The molecule has 5 nitrogen and oxygen atoms in total. The van der Waals surface area contributed by atoms with E-state index in [1.54, 1.807) is 4.90 Å². The number of piperazine rings is 1. The van der Waals surface area contributed by atoms with Crippen molar-refractivity contribution < 1.29 is 9.53 Å². The number of carbonyl (C=O) groups is 1. The molecule has 0 radical (unpaired) electrons. The van der Waals surface area contributed by atoms with Crippen LogP contribution in [-0.4, -0.2) is 74.7 Å². The number of rotatable bonds is 3. The first-order chi connectivity index (χ1) is 8.68. The monoisotopic (exact) mass is 255 g/mol. The Morgan fingerprint density at radius 2 is 2.28 bits per heavy atom. The number of hydrogen-bond donors (Lipinski definition) is 1. The van der Waals surface area contributed by atoms with Crippen LogP contribution in [0.5, 0.6) is 0 Å². The molecule has 2 atom stereocenters. The van der Waals surface area contributed by atoms with Gasteiger partial charge >= 0.3 is 0 Å². The molecule has 2 heterocycles. The summed E-state index contributed by atoms with van der Waals surface area (Å²) in [5, 5.41) is 3.31. The van der Waals surface area contributed by atoms with E-state index >= 15 is 0 Å². The lowest BCUT2D eigenvalue weighted by molar-refractivity contribution is -0.136. The minimum atomic E-state index is -0.0284. The summed E-state index contributed by atoms with van der Waals surface area (Å²) in [4.78, 5) is 16.1. The Morgan fingerprint density at radius 1 is 1.44 bits per heavy atom. The van der Waals surface area contributed by atoms with Gasteiger partial charge in [-0.15, -0.1) is 0 Å². The molecule has 104 valence electrons. The van der Waals surface area contributed by atoms with Gasteiger partial charge in [0.2, 0.25) is 5.91 Å². The zero-order valence-corrected chi connectivity index (χ0v) is 11.5. The molecule has 0 aromatic carbocycles. The number of amides is 1. The summed E-state index contributed by atoms with van der Waals surface area (Å²) in [6, 6.07) is -0.0284. The number of likely N-dealkylation sites (N-methyl/N-ethyl adjacent to an activating group) is 1. The number of ether oxygens (including phenoxy) is 1. The second-order valence-electron chi connectivity index (χ2n) is 5.44. The van der Waals surface area contributed by atoms with Crippen LogP contribution in [0.2, 0.25) is 0 Å². The smallest absolute Gasteiger partial charge is 0.240 e. The Kier molecular flexibility index (Phi) is 4.97. The molecule has 0 aromatic heterocycles. The van der Waals surface area contributed by atoms with Gasteiger partial charge in [-0.3, -0.25) is 9.69 Å². The van der Waals surface area contributed by atoms with E-state index in [9.17, 15) is 4.79 Å². The van der Waals surface area contributed by atoms with E-state index in [1.807, 2.05) is 14.1 Å². The van der Waals surface area contributed by atoms with Crippen LogP contribution in [0.25, 0.3) is 0 Å². The third-order valence-electron chi connectivity index (χ3n) is 3.79. The Morgan fingerprint density at radius 3 is 2.94 bits per heavy atom. The fourth-order valence-electron chi connectivity index (χ4n) is 2.72. The molecule has 2 aliphatic rings. The molecule has 2 rings (SSSR count). The van der Waals surface area contributed by atoms with Crippen LogP contribution in [-0.2, 0) is 9.53 Å². The van der Waals surface area contributed by atoms with Gasteiger partial charge in [0.15, 0.2) is 0 Å². The largest absolute Gasteiger partial charge is 0.377 e. The predicted octanol–water partition coefficient (Wildman–Crippen LogP) is -0.0825. The van der Waals surface area contributed by atoms with Crippen LogP contribution in [0, 0.1) is 0 Å². The number of carbonyl (C=O) groups excluding carboxylic acids is 1. The van der Waals surface area contributed by atoms with Crippen LogP contribution in [0.3, 0.4) is 0 Å². The molecule has 18 heavy (non-hydrogen) atoms. The normalized spacial score (nSPS) is 30.1. The summed E-state index contributed by atoms with van der Waals surface area (Å²) in [7, 11) is 3.65. The van der Waals surface area contributed by atoms with Crippen molar-refractivity contribution in [3.63, 3.8) is 0 Å². The first-order valence-corrected chi connectivity index (χ1v) is 6.96. The summed E-state index contributed by atoms with van der Waals surface area (Å²) < 4.78 is 5.78. The van der Waals surface area contributed by atoms with Crippen molar-refractivity contribution in [3.8, 4) is 0 Å². The SMILES string of the molecule is CN(C)C(=O)C1CNCCN1CC1CCCCO1. The highest BCUT2D eigenvalue weighted by Crippen LogP contribution is 2.16. The molecule has 0 aliphatic carbocycles. The van der Waals surface area contributed by atoms with Gasteiger partial charge in [-0.25, -0.2) is 0 Å². The van der Waals surface area contributed by atoms with Gasteiger partial charge in [-0.2, -0.15) is 0 Å². The molecule has 1 N–H and O–H groups in total. The molecule has 2 fully saturated rings. The van der Waals surface area contributed by atoms with E-state index < -0.39 is 0 Å². The van der Waals surface area contributed by atoms with Crippen molar-refractivity contribution in [1.82, 2.24) is 15.1 Å². The van der Waals surface area contributed by atoms with Gasteiger partial charge in [-0.1, -0.05) is 0 Å². The predicted molar refractivity (Wildman–Crippen MR) is 70.5 cm³/mol. The van der Waals surface area contributed by atoms with Gasteiger partial charge in [0.1, 0.15) is 6.04 Å². The van der Waals surface area contributed by atoms with Gasteiger partial charge in [0.05, 0.1) is 6.10 Å². The standard InChI is InChI=1S/C13H25N3O2/c1-15(2)13(17)12-9-14-6-7-16(12)10-11-5-3-4-8-18-11/h11-12,14H,3-10H2,1-2H3. The van der Waals surface area contributed by atoms with Crippen LogP contribution >= 0.6 is 0 Å². The maximum absolute atomic E-state index is 12.2. The molecular formula is C13H25N3O2. The maximum Gasteiger partial charge on any atom is 0.240 e. The third kappa shape index (κ3) is 3.43. The average molecular weight is 255 g/mol. The Bertz CT molecular complexity index is 277. The molecule has 0 bridgehead atoms. The van der Waals surface area contributed by atoms with Crippen molar-refractivity contribution in [2.24, 2.45) is 0 Å². The lowest BCUT2D eigenvalue weighted by atomic mass is 10.1. The fraction of sp³-hybridized carbons (Fsp3) is 0.923. The van der Waals surface area contributed by atoms with Crippen molar-refractivity contribution in [3.05, 3.63) is 0 Å². The third-order valence-corrected chi connectivity index (χ3v) is 3.79. The molecule has 2 unspecified atom stereocenters. The highest BCUT2D eigenvalue weighted by molar-refractivity contribution is 5.81. The summed E-state index contributed by atoms with van der Waals surface area (Å²) in [6.45, 7) is 4.42. The zero-order valence-electron chi connectivity index (χ0n) is 11.5. The lowest BCUT2D eigenvalue weighted by Gasteiger charge is -2.38. The van der Waals surface area contributed by atoms with Crippen molar-refractivity contribution >= 4 is 5.91 Å². The summed E-state index contributed by atoms with van der Waals surface area (Å²) in [6.07, 6.45) is 3.88. The van der Waals surface area contributed by atoms with E-state index in [2.05, 4.69) is 10.2 Å². The summed E-state index contributed by atoms with van der Waals surface area (Å²) in [5.41, 5.74) is 0. The van der Waals surface area contributed by atoms with Gasteiger partial charge in [-0.05, 0) is 19.3 Å². The van der Waals surface area contributed by atoms with Crippen molar-refractivity contribution in [2.75, 3.05) is 46.9 Å². The van der Waals surface area contributed by atoms with E-state index in [0.717, 1.165) is 39.2 Å². The van der Waals surface area contributed by atoms with E-state index in [0.29, 0.717) is 6.10 Å². The summed E-state index contributed by atoms with van der Waals surface area (Å²) in [5.74, 6) is 0.193. The Labute approximate surface area is 109 Å². The molecule has 2 aliphatic heterocycles. The van der Waals surface area contributed by atoms with Crippen molar-refractivity contribution in [2.45, 2.75) is 31.4 Å². The molecule has 5 heteroatoms. The second-order valence-corrected chi connectivity index (χ2v) is 5.44. The number of hydrogen-bond acceptors (Lipinski definition) is 4. The van der Waals surface area contributed by atoms with E-state index in [-0.39, 0.29) is 11.9 Å². The van der Waals surface area contributed by atoms with Gasteiger partial charge < -0.3 is 15.0 Å². The molecule has 2 saturated heterocycles. The molecule has 1 amide bonds. The van der Waals surface area contributed by atoms with Gasteiger partial charge in [0, 0.05) is 46.9 Å². The van der Waals surface area contributed by atoms with Crippen LogP contribution in [0.1, 0.15) is 19.3 Å². The number of nitrogens with one attached hydrogen (secondary N) is 1. The minimum Gasteiger partial charge on any atom is -0.377 e. The van der Waals surface area contributed by atoms with E-state index in [4.69, 9.17) is 4.74 Å². The van der Waals surface area contributed by atoms with Crippen LogP contribution in [0.15, 0.2) is 0 Å². The molecular weight excluding hydrogens is 230 g/mol. The zero-order chi connectivity index (χ0) is 13.0. The molecule has 0 spiro atoms. The highest BCUT2D eigenvalue weighted by Gasteiger charge is 2.31. The average Bonchev–Trinajstić information content (AvgIpc) is 2.39. The highest BCUT2D eigenvalue weighted by atomic mass is 16.5. The molecule has 0 saturated carbocycles. The second kappa shape index (κ2) is 6.50. The lowest BCUT2D eigenvalue weighted by Crippen LogP contribution is -2.59. The topological polar surface area (TPSA) is 44.8 Å². The fourth-order valence-corrected chi connectivity index (χ4v) is 2.72. The first-order valence-electron chi connectivity index (χ1n) is 6.96. The minimum absolute atomic E-state index is 0.0284. The van der Waals surface area contributed by atoms with Crippen molar-refractivity contribution in [1.29, 1.82) is 0 Å². The Hall–Kier alpha value is -0.650. The number of nitrogens with zero attached hydrogens (tertiary/aromatic N) is 2.